The lowest BCUT2D eigenvalue weighted by atomic mass is 10.3. The molecular weight excluding hydrogens is 253 g/mol. The summed E-state index contributed by atoms with van der Waals surface area (Å²) in [5, 5.41) is 8.81. The Kier molecular flexibility index (Phi) is 3.02. The molecule has 72 valence electrons. The van der Waals surface area contributed by atoms with Gasteiger partial charge >= 0.3 is 6.61 Å². The van der Waals surface area contributed by atoms with Gasteiger partial charge in [0.2, 0.25) is 0 Å². The van der Waals surface area contributed by atoms with E-state index in [-0.39, 0.29) is 10.2 Å². The van der Waals surface area contributed by atoms with Gasteiger partial charge in [-0.15, -0.1) is 0 Å². The summed E-state index contributed by atoms with van der Waals surface area (Å²) in [5.74, 6) is -2.00. The minimum Gasteiger partial charge on any atom is -0.505 e. The van der Waals surface area contributed by atoms with Gasteiger partial charge in [0.25, 0.3) is 0 Å². The topological polar surface area (TPSA) is 29.5 Å². The van der Waals surface area contributed by atoms with Crippen molar-refractivity contribution in [2.45, 2.75) is 6.61 Å². The van der Waals surface area contributed by atoms with Gasteiger partial charge in [-0.05, 0) is 15.9 Å². The van der Waals surface area contributed by atoms with Gasteiger partial charge in [-0.25, -0.2) is 4.39 Å². The number of aromatic hydroxyl groups is 1. The first-order valence-corrected chi connectivity index (χ1v) is 3.93. The number of phenols is 1. The predicted molar refractivity (Wildman–Crippen MR) is 42.4 cm³/mol. The third kappa shape index (κ3) is 2.51. The van der Waals surface area contributed by atoms with Crippen LogP contribution in [0.3, 0.4) is 0 Å². The van der Waals surface area contributed by atoms with E-state index in [9.17, 15) is 13.2 Å². The van der Waals surface area contributed by atoms with Crippen molar-refractivity contribution in [1.82, 2.24) is 0 Å². The van der Waals surface area contributed by atoms with Crippen molar-refractivity contribution in [1.29, 1.82) is 0 Å². The summed E-state index contributed by atoms with van der Waals surface area (Å²) in [6.45, 7) is -3.03. The Balaban J connectivity index is 3.01. The van der Waals surface area contributed by atoms with Crippen LogP contribution in [0.25, 0.3) is 0 Å². The van der Waals surface area contributed by atoms with Crippen LogP contribution in [0.1, 0.15) is 0 Å². The number of benzene rings is 1. The van der Waals surface area contributed by atoms with Crippen LogP contribution < -0.4 is 4.74 Å². The van der Waals surface area contributed by atoms with Crippen LogP contribution in [0.15, 0.2) is 16.6 Å². The second-order valence-electron chi connectivity index (χ2n) is 2.11. The monoisotopic (exact) mass is 256 g/mol. The van der Waals surface area contributed by atoms with E-state index in [0.717, 1.165) is 6.07 Å². The first-order chi connectivity index (χ1) is 6.00. The van der Waals surface area contributed by atoms with Crippen LogP contribution in [-0.2, 0) is 0 Å². The summed E-state index contributed by atoms with van der Waals surface area (Å²) < 4.78 is 40.0. The minimum absolute atomic E-state index is 0.0618. The SMILES string of the molecule is Oc1cc(Br)c(OC(F)F)cc1F. The largest absolute Gasteiger partial charge is 0.505 e. The second kappa shape index (κ2) is 3.87. The zero-order valence-corrected chi connectivity index (χ0v) is 7.69. The van der Waals surface area contributed by atoms with Crippen LogP contribution in [0.2, 0.25) is 0 Å². The van der Waals surface area contributed by atoms with Crippen LogP contribution in [-0.4, -0.2) is 11.7 Å². The molecular formula is C7H4BrF3O2. The van der Waals surface area contributed by atoms with Crippen molar-refractivity contribution < 1.29 is 23.0 Å². The van der Waals surface area contributed by atoms with E-state index >= 15 is 0 Å². The Hall–Kier alpha value is -0.910. The molecule has 1 rings (SSSR count). The van der Waals surface area contributed by atoms with Crippen LogP contribution in [0.4, 0.5) is 13.2 Å². The standard InChI is InChI=1S/C7H4BrF3O2/c8-3-1-5(12)4(9)2-6(3)13-7(10)11/h1-2,7,12H. The molecule has 0 amide bonds. The van der Waals surface area contributed by atoms with Crippen molar-refractivity contribution in [3.05, 3.63) is 22.4 Å². The zero-order chi connectivity index (χ0) is 10.0. The molecule has 0 aliphatic carbocycles. The number of alkyl halides is 2. The van der Waals surface area contributed by atoms with Crippen molar-refractivity contribution in [3.63, 3.8) is 0 Å². The van der Waals surface area contributed by atoms with Gasteiger partial charge < -0.3 is 9.84 Å². The third-order valence-electron chi connectivity index (χ3n) is 1.22. The van der Waals surface area contributed by atoms with E-state index in [2.05, 4.69) is 20.7 Å². The molecule has 0 saturated carbocycles. The normalized spacial score (nSPS) is 10.5. The molecule has 0 aliphatic heterocycles. The first kappa shape index (κ1) is 10.2. The molecule has 1 aromatic carbocycles. The molecule has 1 aromatic rings. The van der Waals surface area contributed by atoms with E-state index in [1.54, 1.807) is 0 Å². The Morgan fingerprint density at radius 1 is 1.38 bits per heavy atom. The Labute approximate surface area is 80.1 Å². The fourth-order valence-electron chi connectivity index (χ4n) is 0.704. The fraction of sp³-hybridized carbons (Fsp3) is 0.143. The maximum absolute atomic E-state index is 12.6. The lowest BCUT2D eigenvalue weighted by Gasteiger charge is -2.07. The summed E-state index contributed by atoms with van der Waals surface area (Å²) in [7, 11) is 0. The molecule has 0 saturated heterocycles. The number of rotatable bonds is 2. The number of phenolic OH excluding ortho intramolecular Hbond substituents is 1. The highest BCUT2D eigenvalue weighted by Gasteiger charge is 2.12. The van der Waals surface area contributed by atoms with Gasteiger partial charge in [-0.2, -0.15) is 8.78 Å². The summed E-state index contributed by atoms with van der Waals surface area (Å²) >= 11 is 2.82. The van der Waals surface area contributed by atoms with E-state index in [4.69, 9.17) is 5.11 Å². The van der Waals surface area contributed by atoms with E-state index < -0.39 is 18.2 Å². The van der Waals surface area contributed by atoms with Crippen molar-refractivity contribution >= 4 is 15.9 Å². The molecule has 2 nitrogen and oxygen atoms in total. The highest BCUT2D eigenvalue weighted by molar-refractivity contribution is 9.10. The van der Waals surface area contributed by atoms with Gasteiger partial charge in [-0.3, -0.25) is 0 Å². The van der Waals surface area contributed by atoms with Crippen LogP contribution in [0.5, 0.6) is 11.5 Å². The predicted octanol–water partition coefficient (Wildman–Crippen LogP) is 2.90. The number of ether oxygens (including phenoxy) is 1. The maximum Gasteiger partial charge on any atom is 0.387 e. The minimum atomic E-state index is -3.03. The molecule has 0 bridgehead atoms. The Morgan fingerprint density at radius 3 is 2.54 bits per heavy atom. The molecule has 0 heterocycles. The molecule has 0 fully saturated rings. The lowest BCUT2D eigenvalue weighted by Crippen LogP contribution is -2.02. The molecule has 6 heteroatoms. The molecule has 0 aromatic heterocycles. The van der Waals surface area contributed by atoms with Gasteiger partial charge in [-0.1, -0.05) is 0 Å². The molecule has 0 radical (unpaired) electrons. The fourth-order valence-corrected chi connectivity index (χ4v) is 1.13. The molecule has 0 atom stereocenters. The van der Waals surface area contributed by atoms with Gasteiger partial charge in [0, 0.05) is 12.1 Å². The summed E-state index contributed by atoms with van der Waals surface area (Å²) in [5.41, 5.74) is 0. The van der Waals surface area contributed by atoms with Gasteiger partial charge in [0.1, 0.15) is 5.75 Å². The lowest BCUT2D eigenvalue weighted by molar-refractivity contribution is -0.0505. The molecule has 1 N–H and O–H groups in total. The number of hydrogen-bond donors (Lipinski definition) is 1. The molecule has 13 heavy (non-hydrogen) atoms. The average Bonchev–Trinajstić information content (AvgIpc) is 1.99. The molecule has 0 unspecified atom stereocenters. The Morgan fingerprint density at radius 2 is 2.00 bits per heavy atom. The molecule has 0 spiro atoms. The van der Waals surface area contributed by atoms with Gasteiger partial charge in [0.15, 0.2) is 11.6 Å². The third-order valence-corrected chi connectivity index (χ3v) is 1.84. The van der Waals surface area contributed by atoms with Crippen LogP contribution >= 0.6 is 15.9 Å². The first-order valence-electron chi connectivity index (χ1n) is 3.13. The van der Waals surface area contributed by atoms with E-state index in [1.165, 1.54) is 0 Å². The van der Waals surface area contributed by atoms with Crippen molar-refractivity contribution in [2.24, 2.45) is 0 Å². The number of halogens is 4. The Bertz CT molecular complexity index is 317. The average molecular weight is 257 g/mol. The summed E-state index contributed by atoms with van der Waals surface area (Å²) in [6.07, 6.45) is 0. The summed E-state index contributed by atoms with van der Waals surface area (Å²) in [6, 6.07) is 1.61. The van der Waals surface area contributed by atoms with Crippen molar-refractivity contribution in [2.75, 3.05) is 0 Å². The van der Waals surface area contributed by atoms with Crippen molar-refractivity contribution in [3.8, 4) is 11.5 Å². The number of hydrogen-bond acceptors (Lipinski definition) is 2. The van der Waals surface area contributed by atoms with E-state index in [0.29, 0.717) is 6.07 Å². The zero-order valence-electron chi connectivity index (χ0n) is 6.10. The second-order valence-corrected chi connectivity index (χ2v) is 2.97. The summed E-state index contributed by atoms with van der Waals surface area (Å²) in [4.78, 5) is 0. The quantitative estimate of drug-likeness (QED) is 0.882. The van der Waals surface area contributed by atoms with E-state index in [1.807, 2.05) is 0 Å². The van der Waals surface area contributed by atoms with Crippen LogP contribution in [0, 0.1) is 5.82 Å². The maximum atomic E-state index is 12.6. The molecule has 0 aliphatic rings. The highest BCUT2D eigenvalue weighted by Crippen LogP contribution is 2.32. The van der Waals surface area contributed by atoms with Gasteiger partial charge in [0.05, 0.1) is 4.47 Å². The highest BCUT2D eigenvalue weighted by atomic mass is 79.9. The smallest absolute Gasteiger partial charge is 0.387 e.